The number of aliphatic hydroxyl groups excluding tert-OH is 1. The average molecular weight is 542 g/mol. The number of aromatic nitrogens is 3. The van der Waals surface area contributed by atoms with Gasteiger partial charge in [0.15, 0.2) is 11.8 Å². The summed E-state index contributed by atoms with van der Waals surface area (Å²) in [6.45, 7) is 0.458. The van der Waals surface area contributed by atoms with Crippen molar-refractivity contribution < 1.29 is 32.8 Å². The van der Waals surface area contributed by atoms with Crippen LogP contribution in [0.25, 0.3) is 22.3 Å². The Balaban J connectivity index is 1.12. The van der Waals surface area contributed by atoms with Gasteiger partial charge in [-0.05, 0) is 42.2 Å². The van der Waals surface area contributed by atoms with Gasteiger partial charge in [0.05, 0.1) is 18.7 Å². The van der Waals surface area contributed by atoms with E-state index in [9.17, 15) is 9.50 Å². The molecule has 4 heterocycles. The van der Waals surface area contributed by atoms with Crippen LogP contribution in [0, 0.1) is 11.6 Å². The first-order chi connectivity index (χ1) is 18.4. The van der Waals surface area contributed by atoms with Gasteiger partial charge in [-0.1, -0.05) is 35.9 Å². The van der Waals surface area contributed by atoms with E-state index in [2.05, 4.69) is 15.0 Å². The summed E-state index contributed by atoms with van der Waals surface area (Å²) in [5.74, 6) is -0.746. The molecule has 0 radical (unpaired) electrons. The third-order valence-electron chi connectivity index (χ3n) is 7.27. The highest BCUT2D eigenvalue weighted by Crippen LogP contribution is 2.41. The number of H-pyrrole nitrogens is 1. The summed E-state index contributed by atoms with van der Waals surface area (Å²) in [5, 5.41) is 10.2. The van der Waals surface area contributed by atoms with Crippen LogP contribution in [0.5, 0.6) is 11.9 Å². The highest BCUT2D eigenvalue weighted by molar-refractivity contribution is 6.32. The largest absolute Gasteiger partial charge is 0.468 e. The number of imidazole rings is 1. The summed E-state index contributed by atoms with van der Waals surface area (Å²) in [7, 11) is 0. The summed E-state index contributed by atoms with van der Waals surface area (Å²) in [6.07, 6.45) is -1.43. The Morgan fingerprint density at radius 1 is 1.00 bits per heavy atom. The number of hydrogen-bond donors (Lipinski definition) is 2. The van der Waals surface area contributed by atoms with Crippen LogP contribution in [0.1, 0.15) is 23.7 Å². The Hall–Kier alpha value is -3.31. The lowest BCUT2D eigenvalue weighted by Crippen LogP contribution is -2.34. The van der Waals surface area contributed by atoms with Crippen LogP contribution in [0.3, 0.4) is 0 Å². The molecule has 3 aliphatic rings. The predicted octanol–water partition coefficient (Wildman–Crippen LogP) is 4.53. The summed E-state index contributed by atoms with van der Waals surface area (Å²) in [6, 6.07) is 11.3. The lowest BCUT2D eigenvalue weighted by molar-refractivity contribution is 0.00706. The van der Waals surface area contributed by atoms with E-state index in [-0.39, 0.29) is 36.2 Å². The molecule has 196 valence electrons. The number of halogens is 3. The molecule has 2 saturated heterocycles. The minimum atomic E-state index is -0.680. The molecule has 0 bridgehead atoms. The van der Waals surface area contributed by atoms with E-state index in [1.54, 1.807) is 30.3 Å². The summed E-state index contributed by atoms with van der Waals surface area (Å²) < 4.78 is 52.7. The number of fused-ring (bicyclic) bond motifs is 3. The zero-order chi connectivity index (χ0) is 26.0. The fraction of sp³-hybridized carbons (Fsp3) is 0.333. The molecule has 1 unspecified atom stereocenters. The number of aromatic amines is 1. The van der Waals surface area contributed by atoms with Gasteiger partial charge in [-0.15, -0.1) is 0 Å². The van der Waals surface area contributed by atoms with Gasteiger partial charge in [0.2, 0.25) is 5.88 Å². The summed E-state index contributed by atoms with van der Waals surface area (Å²) >= 11 is 6.46. The fourth-order valence-electron chi connectivity index (χ4n) is 5.48. The first kappa shape index (κ1) is 23.8. The van der Waals surface area contributed by atoms with Crippen LogP contribution in [-0.2, 0) is 15.9 Å². The number of nitrogens with zero attached hydrogens (tertiary/aromatic N) is 2. The quantitative estimate of drug-likeness (QED) is 0.383. The maximum atomic E-state index is 15.3. The van der Waals surface area contributed by atoms with Crippen molar-refractivity contribution in [3.63, 3.8) is 0 Å². The number of rotatable bonds is 5. The van der Waals surface area contributed by atoms with Crippen LogP contribution >= 0.6 is 11.6 Å². The van der Waals surface area contributed by atoms with Crippen molar-refractivity contribution in [3.8, 4) is 23.0 Å². The number of benzene rings is 2. The normalized spacial score (nSPS) is 26.1. The summed E-state index contributed by atoms with van der Waals surface area (Å²) in [5.41, 5.74) is 2.86. The number of nitrogens with one attached hydrogen (secondary N) is 1. The topological polar surface area (TPSA) is 98.7 Å². The second-order valence-electron chi connectivity index (χ2n) is 9.66. The molecular formula is C27H22ClF2N3O5. The highest BCUT2D eigenvalue weighted by atomic mass is 35.5. The number of pyridine rings is 1. The van der Waals surface area contributed by atoms with Crippen molar-refractivity contribution in [3.05, 3.63) is 70.2 Å². The van der Waals surface area contributed by atoms with Gasteiger partial charge in [-0.3, -0.25) is 0 Å². The molecule has 0 spiro atoms. The first-order valence-electron chi connectivity index (χ1n) is 12.3. The van der Waals surface area contributed by atoms with Crippen LogP contribution in [0.2, 0.25) is 5.02 Å². The maximum absolute atomic E-state index is 15.3. The van der Waals surface area contributed by atoms with Crippen molar-refractivity contribution in [1.29, 1.82) is 0 Å². The van der Waals surface area contributed by atoms with Gasteiger partial charge >= 0.3 is 0 Å². The molecule has 2 N–H and O–H groups in total. The molecule has 0 amide bonds. The second kappa shape index (κ2) is 9.16. The maximum Gasteiger partial charge on any atom is 0.296 e. The smallest absolute Gasteiger partial charge is 0.296 e. The zero-order valence-electron chi connectivity index (χ0n) is 19.9. The third kappa shape index (κ3) is 3.99. The van der Waals surface area contributed by atoms with E-state index in [1.165, 1.54) is 12.1 Å². The minimum Gasteiger partial charge on any atom is -0.468 e. The average Bonchev–Trinajstić information content (AvgIpc) is 3.66. The van der Waals surface area contributed by atoms with Crippen LogP contribution in [0.4, 0.5) is 8.78 Å². The molecular weight excluding hydrogens is 520 g/mol. The molecule has 2 aliphatic heterocycles. The van der Waals surface area contributed by atoms with E-state index in [0.717, 1.165) is 5.56 Å². The van der Waals surface area contributed by atoms with E-state index in [0.29, 0.717) is 40.7 Å². The Kier molecular flexibility index (Phi) is 5.73. The van der Waals surface area contributed by atoms with Crippen molar-refractivity contribution in [1.82, 2.24) is 15.0 Å². The Morgan fingerprint density at radius 3 is 2.71 bits per heavy atom. The monoisotopic (exact) mass is 541 g/mol. The lowest BCUT2D eigenvalue weighted by Gasteiger charge is -2.16. The van der Waals surface area contributed by atoms with E-state index in [4.69, 9.17) is 30.5 Å². The summed E-state index contributed by atoms with van der Waals surface area (Å²) in [4.78, 5) is 11.9. The molecule has 2 aromatic heterocycles. The van der Waals surface area contributed by atoms with Gasteiger partial charge in [-0.25, -0.2) is 8.78 Å². The van der Waals surface area contributed by atoms with Crippen molar-refractivity contribution in [2.45, 2.75) is 43.4 Å². The zero-order valence-corrected chi connectivity index (χ0v) is 20.6. The molecule has 4 aromatic rings. The molecule has 1 aliphatic carbocycles. The Bertz CT molecular complexity index is 1550. The molecule has 11 heteroatoms. The van der Waals surface area contributed by atoms with Gasteiger partial charge < -0.3 is 29.0 Å². The minimum absolute atomic E-state index is 0.124. The number of aryl methyl sites for hydroxylation is 1. The van der Waals surface area contributed by atoms with Gasteiger partial charge in [0.1, 0.15) is 41.1 Å². The van der Waals surface area contributed by atoms with Crippen LogP contribution < -0.4 is 9.47 Å². The molecule has 2 fully saturated rings. The first-order valence-corrected chi connectivity index (χ1v) is 12.7. The highest BCUT2D eigenvalue weighted by Gasteiger charge is 2.48. The van der Waals surface area contributed by atoms with Crippen molar-refractivity contribution in [2.24, 2.45) is 0 Å². The lowest BCUT2D eigenvalue weighted by atomic mass is 9.99. The van der Waals surface area contributed by atoms with Gasteiger partial charge in [0, 0.05) is 11.1 Å². The number of hydrogen-bond acceptors (Lipinski definition) is 7. The molecule has 5 atom stereocenters. The molecule has 7 rings (SSSR count). The van der Waals surface area contributed by atoms with Crippen molar-refractivity contribution in [2.75, 3.05) is 13.2 Å². The van der Waals surface area contributed by atoms with Gasteiger partial charge in [-0.2, -0.15) is 9.97 Å². The molecule has 0 saturated carbocycles. The SMILES string of the molecule is O[C@@H]1CO[C@H]2[C@@H]1OC[C@H]2Oc1nc2nc(OC3CCc4cc(-c5ccccc5F)cc(F)c43)c(Cl)cc2[nH]1. The Labute approximate surface area is 220 Å². The Morgan fingerprint density at radius 2 is 1.84 bits per heavy atom. The van der Waals surface area contributed by atoms with Crippen LogP contribution in [-0.4, -0.2) is 57.7 Å². The van der Waals surface area contributed by atoms with Crippen LogP contribution in [0.15, 0.2) is 42.5 Å². The van der Waals surface area contributed by atoms with E-state index >= 15 is 4.39 Å². The predicted molar refractivity (Wildman–Crippen MR) is 132 cm³/mol. The van der Waals surface area contributed by atoms with Gasteiger partial charge in [0.25, 0.3) is 6.01 Å². The van der Waals surface area contributed by atoms with E-state index in [1.807, 2.05) is 0 Å². The molecule has 38 heavy (non-hydrogen) atoms. The second-order valence-corrected chi connectivity index (χ2v) is 10.1. The molecule has 2 aromatic carbocycles. The van der Waals surface area contributed by atoms with E-state index < -0.39 is 36.1 Å². The van der Waals surface area contributed by atoms with Crippen molar-refractivity contribution >= 4 is 22.8 Å². The number of aliphatic hydroxyl groups is 1. The number of ether oxygens (including phenoxy) is 4. The third-order valence-corrected chi connectivity index (χ3v) is 7.54. The standard InChI is InChI=1S/C27H22ClF2N3O5/c28-15-9-18-25(33-27(31-18)38-21-11-36-23-19(34)10-35-24(21)23)32-26(15)37-20-6-5-12-7-13(8-17(30)22(12)20)14-3-1-2-4-16(14)29/h1-4,7-9,19-21,23-24,34H,5-6,10-11H2,(H,31,32,33)/t19-,20?,21-,23-,24-/m1/s1. The molecule has 8 nitrogen and oxygen atoms in total. The fourth-order valence-corrected chi connectivity index (χ4v) is 5.68.